The van der Waals surface area contributed by atoms with Gasteiger partial charge in [0.2, 0.25) is 0 Å². The summed E-state index contributed by atoms with van der Waals surface area (Å²) in [6.07, 6.45) is 0. The van der Waals surface area contributed by atoms with Crippen molar-refractivity contribution in [3.05, 3.63) is 218 Å². The number of rotatable bonds is 6. The molecule has 0 saturated carbocycles. The quantitative estimate of drug-likeness (QED) is 0.162. The largest absolute Gasteiger partial charge is 0.309 e. The van der Waals surface area contributed by atoms with Crippen LogP contribution in [-0.4, -0.2) is 9.13 Å². The van der Waals surface area contributed by atoms with Gasteiger partial charge in [0.1, 0.15) is 0 Å². The van der Waals surface area contributed by atoms with E-state index in [0.29, 0.717) is 0 Å². The van der Waals surface area contributed by atoms with Gasteiger partial charge in [-0.05, 0) is 105 Å². The Kier molecular flexibility index (Phi) is 7.53. The average molecular weight is 713 g/mol. The Hall–Kier alpha value is -7.42. The maximum atomic E-state index is 2.42. The van der Waals surface area contributed by atoms with Crippen LogP contribution in [0.15, 0.2) is 218 Å². The summed E-state index contributed by atoms with van der Waals surface area (Å²) in [6.45, 7) is 0. The van der Waals surface area contributed by atoms with E-state index < -0.39 is 0 Å². The van der Waals surface area contributed by atoms with Crippen LogP contribution in [0, 0.1) is 0 Å². The minimum Gasteiger partial charge on any atom is -0.309 e. The van der Waals surface area contributed by atoms with Crippen LogP contribution in [0.3, 0.4) is 0 Å². The molecule has 11 aromatic rings. The van der Waals surface area contributed by atoms with Crippen molar-refractivity contribution in [3.63, 3.8) is 0 Å². The SMILES string of the molecule is c1ccc(-c2ccc(-c3cccc(-c4ccc5c6ccccc6n(-c6ccc(-c7ccc8c(c7)c7ccccc7n8-c7ccccc7)cc6)c5c4)c3)cc2)cc1. The molecular formula is C54H36N2. The second-order valence-electron chi connectivity index (χ2n) is 14.6. The normalized spacial score (nSPS) is 11.6. The zero-order valence-corrected chi connectivity index (χ0v) is 30.7. The smallest absolute Gasteiger partial charge is 0.0547 e. The molecule has 2 aromatic heterocycles. The summed E-state index contributed by atoms with van der Waals surface area (Å²) in [5, 5.41) is 5.03. The molecule has 2 nitrogen and oxygen atoms in total. The minimum absolute atomic E-state index is 1.14. The van der Waals surface area contributed by atoms with Crippen molar-refractivity contribution < 1.29 is 0 Å². The van der Waals surface area contributed by atoms with Crippen molar-refractivity contribution >= 4 is 43.6 Å². The molecule has 0 aliphatic heterocycles. The number of hydrogen-bond donors (Lipinski definition) is 0. The maximum Gasteiger partial charge on any atom is 0.0547 e. The number of benzene rings is 9. The molecular weight excluding hydrogens is 677 g/mol. The lowest BCUT2D eigenvalue weighted by atomic mass is 9.96. The zero-order valence-electron chi connectivity index (χ0n) is 30.7. The van der Waals surface area contributed by atoms with E-state index >= 15 is 0 Å². The van der Waals surface area contributed by atoms with Gasteiger partial charge in [-0.3, -0.25) is 0 Å². The van der Waals surface area contributed by atoms with Gasteiger partial charge in [-0.1, -0.05) is 158 Å². The van der Waals surface area contributed by atoms with Crippen molar-refractivity contribution in [1.82, 2.24) is 9.13 Å². The fourth-order valence-electron chi connectivity index (χ4n) is 8.60. The number of aromatic nitrogens is 2. The van der Waals surface area contributed by atoms with E-state index in [1.54, 1.807) is 0 Å². The number of fused-ring (bicyclic) bond motifs is 6. The summed E-state index contributed by atoms with van der Waals surface area (Å²) in [5.74, 6) is 0. The van der Waals surface area contributed by atoms with Crippen molar-refractivity contribution in [2.75, 3.05) is 0 Å². The summed E-state index contributed by atoms with van der Waals surface area (Å²) in [6, 6.07) is 79.4. The van der Waals surface area contributed by atoms with Crippen LogP contribution >= 0.6 is 0 Å². The highest BCUT2D eigenvalue weighted by atomic mass is 15.0. The average Bonchev–Trinajstić information content (AvgIpc) is 3.79. The van der Waals surface area contributed by atoms with Gasteiger partial charge in [-0.2, -0.15) is 0 Å². The van der Waals surface area contributed by atoms with Crippen LogP contribution in [-0.2, 0) is 0 Å². The van der Waals surface area contributed by atoms with Crippen LogP contribution in [0.1, 0.15) is 0 Å². The Labute approximate surface area is 325 Å². The first-order valence-corrected chi connectivity index (χ1v) is 19.3. The second kappa shape index (κ2) is 13.2. The topological polar surface area (TPSA) is 9.86 Å². The monoisotopic (exact) mass is 712 g/mol. The van der Waals surface area contributed by atoms with E-state index in [1.807, 2.05) is 0 Å². The summed E-state index contributed by atoms with van der Waals surface area (Å²) < 4.78 is 4.79. The predicted octanol–water partition coefficient (Wildman–Crippen LogP) is 14.5. The lowest BCUT2D eigenvalue weighted by molar-refractivity contribution is 1.18. The highest BCUT2D eigenvalue weighted by Gasteiger charge is 2.16. The predicted molar refractivity (Wildman–Crippen MR) is 237 cm³/mol. The molecule has 0 radical (unpaired) electrons. The fourth-order valence-corrected chi connectivity index (χ4v) is 8.60. The van der Waals surface area contributed by atoms with Crippen molar-refractivity contribution in [2.45, 2.75) is 0 Å². The fraction of sp³-hybridized carbons (Fsp3) is 0. The number of nitrogens with zero attached hydrogens (tertiary/aromatic N) is 2. The standard InChI is InChI=1S/C54H36N2/c1-3-12-37(13-4-1)38-22-24-39(25-23-38)41-14-11-15-42(34-41)44-28-32-49-47-18-7-9-20-51(47)56(54(49)36-44)46-30-26-40(27-31-46)43-29-33-53-50(35-43)48-19-8-10-21-52(48)55(53)45-16-5-2-6-17-45/h1-36H. The van der Waals surface area contributed by atoms with Crippen LogP contribution in [0.2, 0.25) is 0 Å². The highest BCUT2D eigenvalue weighted by Crippen LogP contribution is 2.38. The Bertz CT molecular complexity index is 3200. The minimum atomic E-state index is 1.14. The molecule has 2 heteroatoms. The molecule has 0 amide bonds. The lowest BCUT2D eigenvalue weighted by Gasteiger charge is -2.11. The molecule has 11 rings (SSSR count). The van der Waals surface area contributed by atoms with Crippen LogP contribution in [0.5, 0.6) is 0 Å². The van der Waals surface area contributed by atoms with Gasteiger partial charge in [-0.15, -0.1) is 0 Å². The summed E-state index contributed by atoms with van der Waals surface area (Å²) in [5.41, 5.74) is 16.8. The third-order valence-corrected chi connectivity index (χ3v) is 11.3. The molecule has 0 saturated heterocycles. The van der Waals surface area contributed by atoms with Gasteiger partial charge in [0.15, 0.2) is 0 Å². The molecule has 0 aliphatic carbocycles. The van der Waals surface area contributed by atoms with Crippen molar-refractivity contribution in [2.24, 2.45) is 0 Å². The van der Waals surface area contributed by atoms with E-state index in [0.717, 1.165) is 5.69 Å². The zero-order chi connectivity index (χ0) is 37.0. The number of hydrogen-bond acceptors (Lipinski definition) is 0. The van der Waals surface area contributed by atoms with E-state index in [4.69, 9.17) is 0 Å². The molecule has 2 heterocycles. The van der Waals surface area contributed by atoms with E-state index in [9.17, 15) is 0 Å². The van der Waals surface area contributed by atoms with Crippen LogP contribution in [0.4, 0.5) is 0 Å². The van der Waals surface area contributed by atoms with Crippen molar-refractivity contribution in [3.8, 4) is 55.9 Å². The molecule has 0 unspecified atom stereocenters. The van der Waals surface area contributed by atoms with Crippen molar-refractivity contribution in [1.29, 1.82) is 0 Å². The molecule has 0 bridgehead atoms. The lowest BCUT2D eigenvalue weighted by Crippen LogP contribution is -1.94. The van der Waals surface area contributed by atoms with Gasteiger partial charge in [0.05, 0.1) is 22.1 Å². The maximum absolute atomic E-state index is 2.42. The molecule has 0 atom stereocenters. The van der Waals surface area contributed by atoms with Gasteiger partial charge in [-0.25, -0.2) is 0 Å². The highest BCUT2D eigenvalue weighted by molar-refractivity contribution is 6.11. The molecule has 0 fully saturated rings. The molecule has 56 heavy (non-hydrogen) atoms. The Morgan fingerprint density at radius 1 is 0.196 bits per heavy atom. The Morgan fingerprint density at radius 2 is 0.589 bits per heavy atom. The first-order chi connectivity index (χ1) is 27.8. The molecule has 0 N–H and O–H groups in total. The molecule has 0 spiro atoms. The second-order valence-corrected chi connectivity index (χ2v) is 14.6. The van der Waals surface area contributed by atoms with E-state index in [1.165, 1.54) is 93.8 Å². The van der Waals surface area contributed by atoms with Gasteiger partial charge in [0, 0.05) is 32.9 Å². The third kappa shape index (κ3) is 5.34. The summed E-state index contributed by atoms with van der Waals surface area (Å²) >= 11 is 0. The van der Waals surface area contributed by atoms with Gasteiger partial charge < -0.3 is 9.13 Å². The first-order valence-electron chi connectivity index (χ1n) is 19.3. The van der Waals surface area contributed by atoms with Crippen LogP contribution < -0.4 is 0 Å². The third-order valence-electron chi connectivity index (χ3n) is 11.3. The molecule has 9 aromatic carbocycles. The Balaban J connectivity index is 0.970. The van der Waals surface area contributed by atoms with E-state index in [2.05, 4.69) is 228 Å². The molecule has 0 aliphatic rings. The summed E-state index contributed by atoms with van der Waals surface area (Å²) in [7, 11) is 0. The Morgan fingerprint density at radius 3 is 1.29 bits per heavy atom. The first kappa shape index (κ1) is 32.0. The van der Waals surface area contributed by atoms with Gasteiger partial charge in [0.25, 0.3) is 0 Å². The van der Waals surface area contributed by atoms with Crippen LogP contribution in [0.25, 0.3) is 99.5 Å². The van der Waals surface area contributed by atoms with Gasteiger partial charge >= 0.3 is 0 Å². The van der Waals surface area contributed by atoms with E-state index in [-0.39, 0.29) is 0 Å². The molecule has 262 valence electrons. The number of para-hydroxylation sites is 3. The summed E-state index contributed by atoms with van der Waals surface area (Å²) in [4.78, 5) is 0.